The molecule has 0 aromatic heterocycles. The summed E-state index contributed by atoms with van der Waals surface area (Å²) in [6.07, 6.45) is 2.01. The summed E-state index contributed by atoms with van der Waals surface area (Å²) in [5, 5.41) is 18.9. The van der Waals surface area contributed by atoms with Gasteiger partial charge in [0.2, 0.25) is 0 Å². The highest BCUT2D eigenvalue weighted by molar-refractivity contribution is 5.27. The molecule has 1 aromatic carbocycles. The van der Waals surface area contributed by atoms with Gasteiger partial charge in [0.15, 0.2) is 0 Å². The second-order valence-electron chi connectivity index (χ2n) is 3.72. The van der Waals surface area contributed by atoms with Crippen molar-refractivity contribution in [1.82, 2.24) is 0 Å². The third-order valence-electron chi connectivity index (χ3n) is 2.55. The molecule has 0 aliphatic heterocycles. The number of hydrogen-bond donors (Lipinski definition) is 2. The lowest BCUT2D eigenvalue weighted by atomic mass is 10.0. The molecule has 0 saturated carbocycles. The van der Waals surface area contributed by atoms with Crippen LogP contribution in [-0.4, -0.2) is 22.4 Å². The fourth-order valence-corrected chi connectivity index (χ4v) is 1.81. The number of aliphatic hydroxyl groups is 2. The summed E-state index contributed by atoms with van der Waals surface area (Å²) in [4.78, 5) is 0. The molecule has 2 rings (SSSR count). The average Bonchev–Trinajstić information content (AvgIpc) is 2.47. The van der Waals surface area contributed by atoms with E-state index in [-0.39, 0.29) is 0 Å². The molecule has 0 radical (unpaired) electrons. The van der Waals surface area contributed by atoms with Crippen LogP contribution in [0.3, 0.4) is 0 Å². The monoisotopic (exact) mass is 190 g/mol. The second kappa shape index (κ2) is 3.95. The van der Waals surface area contributed by atoms with Gasteiger partial charge in [0.1, 0.15) is 0 Å². The smallest absolute Gasteiger partial charge is 0.0782 e. The number of benzene rings is 1. The molecule has 2 nitrogen and oxygen atoms in total. The Morgan fingerprint density at radius 3 is 2.43 bits per heavy atom. The molecule has 2 heteroatoms. The van der Waals surface area contributed by atoms with E-state index < -0.39 is 12.2 Å². The molecule has 0 amide bonds. The maximum absolute atomic E-state index is 9.59. The molecule has 0 spiro atoms. The van der Waals surface area contributed by atoms with Crippen molar-refractivity contribution in [3.63, 3.8) is 0 Å². The minimum atomic E-state index is -0.469. The van der Waals surface area contributed by atoms with E-state index in [1.807, 2.05) is 30.3 Å². The SMILES string of the molecule is O[C@H]1C=C(Cc2ccccc2)[C@@H](O)C1. The Labute approximate surface area is 83.5 Å². The third kappa shape index (κ3) is 2.03. The van der Waals surface area contributed by atoms with Gasteiger partial charge in [-0.2, -0.15) is 0 Å². The quantitative estimate of drug-likeness (QED) is 0.690. The standard InChI is InChI=1S/C12H14O2/c13-11-7-10(12(14)8-11)6-9-4-2-1-3-5-9/h1-5,7,11-14H,6,8H2/t11-,12-/m0/s1. The Morgan fingerprint density at radius 1 is 1.14 bits per heavy atom. The van der Waals surface area contributed by atoms with E-state index in [2.05, 4.69) is 0 Å². The summed E-state index contributed by atoms with van der Waals surface area (Å²) in [7, 11) is 0. The lowest BCUT2D eigenvalue weighted by molar-refractivity contribution is 0.146. The molecule has 0 saturated heterocycles. The van der Waals surface area contributed by atoms with Crippen LogP contribution in [0.15, 0.2) is 42.0 Å². The number of rotatable bonds is 2. The molecule has 0 heterocycles. The zero-order valence-electron chi connectivity index (χ0n) is 7.93. The molecular weight excluding hydrogens is 176 g/mol. The van der Waals surface area contributed by atoms with E-state index >= 15 is 0 Å². The van der Waals surface area contributed by atoms with Crippen LogP contribution in [0.25, 0.3) is 0 Å². The highest BCUT2D eigenvalue weighted by atomic mass is 16.3. The van der Waals surface area contributed by atoms with Crippen LogP contribution < -0.4 is 0 Å². The molecule has 1 aliphatic carbocycles. The minimum Gasteiger partial charge on any atom is -0.389 e. The summed E-state index contributed by atoms with van der Waals surface area (Å²) in [6, 6.07) is 9.98. The van der Waals surface area contributed by atoms with Crippen molar-refractivity contribution < 1.29 is 10.2 Å². The van der Waals surface area contributed by atoms with E-state index in [9.17, 15) is 10.2 Å². The fraction of sp³-hybridized carbons (Fsp3) is 0.333. The molecule has 1 aromatic rings. The Kier molecular flexibility index (Phi) is 2.66. The van der Waals surface area contributed by atoms with Crippen molar-refractivity contribution in [2.24, 2.45) is 0 Å². The maximum Gasteiger partial charge on any atom is 0.0782 e. The molecule has 0 unspecified atom stereocenters. The van der Waals surface area contributed by atoms with Gasteiger partial charge in [0.25, 0.3) is 0 Å². The molecule has 2 atom stereocenters. The summed E-state index contributed by atoms with van der Waals surface area (Å²) in [5.41, 5.74) is 2.11. The van der Waals surface area contributed by atoms with Crippen molar-refractivity contribution in [2.75, 3.05) is 0 Å². The van der Waals surface area contributed by atoms with Crippen molar-refractivity contribution >= 4 is 0 Å². The Balaban J connectivity index is 2.08. The van der Waals surface area contributed by atoms with Crippen LogP contribution in [0.5, 0.6) is 0 Å². The highest BCUT2D eigenvalue weighted by Crippen LogP contribution is 2.22. The Morgan fingerprint density at radius 2 is 1.86 bits per heavy atom. The van der Waals surface area contributed by atoms with Gasteiger partial charge in [-0.15, -0.1) is 0 Å². The van der Waals surface area contributed by atoms with Gasteiger partial charge in [-0.3, -0.25) is 0 Å². The molecule has 1 aliphatic rings. The maximum atomic E-state index is 9.59. The third-order valence-corrected chi connectivity index (χ3v) is 2.55. The van der Waals surface area contributed by atoms with Gasteiger partial charge in [-0.1, -0.05) is 36.4 Å². The highest BCUT2D eigenvalue weighted by Gasteiger charge is 2.22. The molecule has 2 N–H and O–H groups in total. The lowest BCUT2D eigenvalue weighted by Gasteiger charge is -2.07. The lowest BCUT2D eigenvalue weighted by Crippen LogP contribution is -2.09. The largest absolute Gasteiger partial charge is 0.389 e. The van der Waals surface area contributed by atoms with E-state index in [0.717, 1.165) is 12.0 Å². The predicted molar refractivity (Wildman–Crippen MR) is 54.9 cm³/mol. The zero-order valence-corrected chi connectivity index (χ0v) is 7.93. The first-order valence-corrected chi connectivity index (χ1v) is 4.86. The van der Waals surface area contributed by atoms with Gasteiger partial charge in [-0.05, 0) is 17.6 Å². The van der Waals surface area contributed by atoms with Crippen LogP contribution in [0, 0.1) is 0 Å². The van der Waals surface area contributed by atoms with Crippen LogP contribution in [0.2, 0.25) is 0 Å². The minimum absolute atomic E-state index is 0.447. The average molecular weight is 190 g/mol. The van der Waals surface area contributed by atoms with Crippen molar-refractivity contribution in [3.8, 4) is 0 Å². The summed E-state index contributed by atoms with van der Waals surface area (Å²) in [6.45, 7) is 0. The Hall–Kier alpha value is -1.12. The van der Waals surface area contributed by atoms with E-state index in [0.29, 0.717) is 6.42 Å². The van der Waals surface area contributed by atoms with E-state index in [1.165, 1.54) is 5.56 Å². The van der Waals surface area contributed by atoms with Crippen LogP contribution >= 0.6 is 0 Å². The van der Waals surface area contributed by atoms with Crippen molar-refractivity contribution in [1.29, 1.82) is 0 Å². The van der Waals surface area contributed by atoms with Gasteiger partial charge < -0.3 is 10.2 Å². The first-order chi connectivity index (χ1) is 6.75. The molecule has 0 bridgehead atoms. The normalized spacial score (nSPS) is 26.3. The summed E-state index contributed by atoms with van der Waals surface area (Å²) in [5.74, 6) is 0. The van der Waals surface area contributed by atoms with E-state index in [4.69, 9.17) is 0 Å². The molecular formula is C12H14O2. The first-order valence-electron chi connectivity index (χ1n) is 4.86. The van der Waals surface area contributed by atoms with Crippen molar-refractivity contribution in [3.05, 3.63) is 47.5 Å². The number of hydrogen-bond acceptors (Lipinski definition) is 2. The van der Waals surface area contributed by atoms with Crippen LogP contribution in [-0.2, 0) is 6.42 Å². The van der Waals surface area contributed by atoms with Crippen LogP contribution in [0.4, 0.5) is 0 Å². The summed E-state index contributed by atoms with van der Waals surface area (Å²) >= 11 is 0. The molecule has 0 fully saturated rings. The second-order valence-corrected chi connectivity index (χ2v) is 3.72. The van der Waals surface area contributed by atoms with Gasteiger partial charge in [0, 0.05) is 6.42 Å². The predicted octanol–water partition coefficient (Wildman–Crippen LogP) is 1.28. The van der Waals surface area contributed by atoms with Gasteiger partial charge in [-0.25, -0.2) is 0 Å². The summed E-state index contributed by atoms with van der Waals surface area (Å²) < 4.78 is 0. The number of aliphatic hydroxyl groups excluding tert-OH is 2. The molecule has 14 heavy (non-hydrogen) atoms. The topological polar surface area (TPSA) is 40.5 Å². The van der Waals surface area contributed by atoms with E-state index in [1.54, 1.807) is 6.08 Å². The molecule has 74 valence electrons. The first kappa shape index (κ1) is 9.44. The van der Waals surface area contributed by atoms with Gasteiger partial charge >= 0.3 is 0 Å². The fourth-order valence-electron chi connectivity index (χ4n) is 1.81. The van der Waals surface area contributed by atoms with Crippen LogP contribution in [0.1, 0.15) is 12.0 Å². The zero-order chi connectivity index (χ0) is 9.97. The Bertz CT molecular complexity index is 329. The van der Waals surface area contributed by atoms with Crippen molar-refractivity contribution in [2.45, 2.75) is 25.0 Å². The van der Waals surface area contributed by atoms with Gasteiger partial charge in [0.05, 0.1) is 12.2 Å².